The summed E-state index contributed by atoms with van der Waals surface area (Å²) in [6.45, 7) is 4.51. The van der Waals surface area contributed by atoms with E-state index in [2.05, 4.69) is 4.98 Å². The van der Waals surface area contributed by atoms with E-state index in [4.69, 9.17) is 4.74 Å². The summed E-state index contributed by atoms with van der Waals surface area (Å²) >= 11 is 0. The van der Waals surface area contributed by atoms with Gasteiger partial charge >= 0.3 is 0 Å². The van der Waals surface area contributed by atoms with E-state index in [0.29, 0.717) is 12.2 Å². The number of carbonyl (C=O) groups excluding carboxylic acids is 2. The summed E-state index contributed by atoms with van der Waals surface area (Å²) in [7, 11) is 1.61. The summed E-state index contributed by atoms with van der Waals surface area (Å²) in [6.07, 6.45) is 0. The molecule has 2 aromatic carbocycles. The molecular formula is C22H23N3O3. The van der Waals surface area contributed by atoms with Gasteiger partial charge in [0.25, 0.3) is 5.91 Å². The molecular weight excluding hydrogens is 354 g/mol. The van der Waals surface area contributed by atoms with E-state index >= 15 is 0 Å². The van der Waals surface area contributed by atoms with Crippen LogP contribution >= 0.6 is 0 Å². The number of nitrogens with zero attached hydrogens (tertiary/aromatic N) is 2. The fraction of sp³-hybridized carbons (Fsp3) is 0.273. The quantitative estimate of drug-likeness (QED) is 0.761. The van der Waals surface area contributed by atoms with Gasteiger partial charge in [-0.3, -0.25) is 9.59 Å². The lowest BCUT2D eigenvalue weighted by molar-refractivity contribution is -0.121. The predicted molar refractivity (Wildman–Crippen MR) is 109 cm³/mol. The number of hydrogen-bond donors (Lipinski definition) is 1. The molecule has 1 atom stereocenters. The van der Waals surface area contributed by atoms with E-state index in [0.717, 1.165) is 27.9 Å². The second kappa shape index (κ2) is 7.03. The molecule has 3 aromatic rings. The highest BCUT2D eigenvalue weighted by atomic mass is 16.5. The van der Waals surface area contributed by atoms with Crippen LogP contribution in [0.3, 0.4) is 0 Å². The van der Waals surface area contributed by atoms with Crippen molar-refractivity contribution >= 4 is 28.4 Å². The van der Waals surface area contributed by atoms with Gasteiger partial charge < -0.3 is 19.5 Å². The summed E-state index contributed by atoms with van der Waals surface area (Å²) < 4.78 is 5.24. The SMILES string of the molecule is COc1ccc2[nH]c(C(=O)N3CC(=O)N(c4cccc(C)c4)C[C@H]3C)cc2c1. The third-order valence-electron chi connectivity index (χ3n) is 5.22. The number of carbonyl (C=O) groups is 2. The van der Waals surface area contributed by atoms with E-state index in [1.807, 2.05) is 62.4 Å². The minimum Gasteiger partial charge on any atom is -0.497 e. The molecule has 28 heavy (non-hydrogen) atoms. The van der Waals surface area contributed by atoms with Crippen LogP contribution in [0.5, 0.6) is 5.75 Å². The molecule has 4 rings (SSSR count). The van der Waals surface area contributed by atoms with Crippen LogP contribution in [0.1, 0.15) is 23.0 Å². The van der Waals surface area contributed by atoms with Crippen molar-refractivity contribution in [3.63, 3.8) is 0 Å². The molecule has 1 saturated heterocycles. The molecule has 0 radical (unpaired) electrons. The van der Waals surface area contributed by atoms with Gasteiger partial charge in [0, 0.05) is 29.2 Å². The number of rotatable bonds is 3. The molecule has 1 aliphatic rings. The van der Waals surface area contributed by atoms with E-state index in [9.17, 15) is 9.59 Å². The Balaban J connectivity index is 1.57. The second-order valence-corrected chi connectivity index (χ2v) is 7.26. The number of piperazine rings is 1. The molecule has 2 heterocycles. The number of ether oxygens (including phenoxy) is 1. The molecule has 1 aliphatic heterocycles. The first kappa shape index (κ1) is 18.1. The fourth-order valence-electron chi connectivity index (χ4n) is 3.68. The van der Waals surface area contributed by atoms with E-state index in [-0.39, 0.29) is 24.4 Å². The molecule has 144 valence electrons. The number of hydrogen-bond acceptors (Lipinski definition) is 3. The van der Waals surface area contributed by atoms with Crippen LogP contribution in [0.15, 0.2) is 48.5 Å². The van der Waals surface area contributed by atoms with Gasteiger partial charge in [-0.05, 0) is 55.8 Å². The molecule has 1 N–H and O–H groups in total. The van der Waals surface area contributed by atoms with Gasteiger partial charge in [0.05, 0.1) is 7.11 Å². The van der Waals surface area contributed by atoms with Crippen molar-refractivity contribution in [3.8, 4) is 5.75 Å². The Kier molecular flexibility index (Phi) is 4.55. The van der Waals surface area contributed by atoms with Gasteiger partial charge in [-0.1, -0.05) is 12.1 Å². The number of H-pyrrole nitrogens is 1. The van der Waals surface area contributed by atoms with Gasteiger partial charge in [0.1, 0.15) is 18.0 Å². The number of aromatic amines is 1. The van der Waals surface area contributed by atoms with Crippen LogP contribution in [-0.4, -0.2) is 47.9 Å². The maximum absolute atomic E-state index is 13.1. The standard InChI is InChI=1S/C22H23N3O3/c1-14-5-4-6-17(9-14)25-12-15(2)24(13-21(25)26)22(27)20-11-16-10-18(28-3)7-8-19(16)23-20/h4-11,15,23H,12-13H2,1-3H3/t15-/m1/s1. The van der Waals surface area contributed by atoms with E-state index < -0.39 is 0 Å². The van der Waals surface area contributed by atoms with Gasteiger partial charge in [0.15, 0.2) is 0 Å². The molecule has 1 aromatic heterocycles. The first-order valence-corrected chi connectivity index (χ1v) is 9.31. The summed E-state index contributed by atoms with van der Waals surface area (Å²) in [4.78, 5) is 32.4. The minimum atomic E-state index is -0.167. The number of methoxy groups -OCH3 is 1. The van der Waals surface area contributed by atoms with Crippen molar-refractivity contribution in [1.29, 1.82) is 0 Å². The van der Waals surface area contributed by atoms with Crippen LogP contribution < -0.4 is 9.64 Å². The molecule has 0 bridgehead atoms. The number of aromatic nitrogens is 1. The molecule has 6 nitrogen and oxygen atoms in total. The van der Waals surface area contributed by atoms with Gasteiger partial charge in [-0.2, -0.15) is 0 Å². The number of benzene rings is 2. The highest BCUT2D eigenvalue weighted by molar-refractivity contribution is 6.03. The Morgan fingerprint density at radius 3 is 2.75 bits per heavy atom. The molecule has 0 spiro atoms. The third kappa shape index (κ3) is 3.22. The van der Waals surface area contributed by atoms with Crippen molar-refractivity contribution in [2.45, 2.75) is 19.9 Å². The minimum absolute atomic E-state index is 0.0621. The summed E-state index contributed by atoms with van der Waals surface area (Å²) in [5.74, 6) is 0.496. The van der Waals surface area contributed by atoms with Crippen molar-refractivity contribution < 1.29 is 14.3 Å². The summed E-state index contributed by atoms with van der Waals surface area (Å²) in [6, 6.07) is 15.2. The molecule has 2 amide bonds. The topological polar surface area (TPSA) is 65.6 Å². The largest absolute Gasteiger partial charge is 0.497 e. The molecule has 0 unspecified atom stereocenters. The van der Waals surface area contributed by atoms with Gasteiger partial charge in [-0.15, -0.1) is 0 Å². The van der Waals surface area contributed by atoms with Crippen molar-refractivity contribution in [3.05, 3.63) is 59.8 Å². The highest BCUT2D eigenvalue weighted by Gasteiger charge is 2.34. The monoisotopic (exact) mass is 377 g/mol. The van der Waals surface area contributed by atoms with Crippen LogP contribution in [-0.2, 0) is 4.79 Å². The maximum Gasteiger partial charge on any atom is 0.271 e. The first-order chi connectivity index (χ1) is 13.5. The number of anilines is 1. The normalized spacial score (nSPS) is 17.2. The zero-order chi connectivity index (χ0) is 19.8. The molecule has 0 aliphatic carbocycles. The van der Waals surface area contributed by atoms with Gasteiger partial charge in [0.2, 0.25) is 5.91 Å². The Morgan fingerprint density at radius 2 is 2.00 bits per heavy atom. The van der Waals surface area contributed by atoms with Gasteiger partial charge in [-0.25, -0.2) is 0 Å². The predicted octanol–water partition coefficient (Wildman–Crippen LogP) is 3.36. The average Bonchev–Trinajstić information content (AvgIpc) is 3.12. The Bertz CT molecular complexity index is 1060. The zero-order valence-corrected chi connectivity index (χ0v) is 16.2. The number of aryl methyl sites for hydroxylation is 1. The van der Waals surface area contributed by atoms with Crippen molar-refractivity contribution in [2.24, 2.45) is 0 Å². The van der Waals surface area contributed by atoms with Crippen LogP contribution in [0.2, 0.25) is 0 Å². The lowest BCUT2D eigenvalue weighted by Crippen LogP contribution is -2.57. The molecule has 1 fully saturated rings. The zero-order valence-electron chi connectivity index (χ0n) is 16.2. The van der Waals surface area contributed by atoms with Crippen LogP contribution in [0, 0.1) is 6.92 Å². The number of nitrogens with one attached hydrogen (secondary N) is 1. The van der Waals surface area contributed by atoms with Crippen molar-refractivity contribution in [2.75, 3.05) is 25.1 Å². The number of fused-ring (bicyclic) bond motifs is 1. The summed E-state index contributed by atoms with van der Waals surface area (Å²) in [5.41, 5.74) is 3.32. The Morgan fingerprint density at radius 1 is 1.18 bits per heavy atom. The average molecular weight is 377 g/mol. The lowest BCUT2D eigenvalue weighted by atomic mass is 10.1. The fourth-order valence-corrected chi connectivity index (χ4v) is 3.68. The Labute approximate surface area is 163 Å². The lowest BCUT2D eigenvalue weighted by Gasteiger charge is -2.39. The van der Waals surface area contributed by atoms with E-state index in [1.54, 1.807) is 16.9 Å². The second-order valence-electron chi connectivity index (χ2n) is 7.26. The third-order valence-corrected chi connectivity index (χ3v) is 5.22. The molecule has 0 saturated carbocycles. The van der Waals surface area contributed by atoms with Crippen LogP contribution in [0.25, 0.3) is 10.9 Å². The van der Waals surface area contributed by atoms with Crippen molar-refractivity contribution in [1.82, 2.24) is 9.88 Å². The Hall–Kier alpha value is -3.28. The smallest absolute Gasteiger partial charge is 0.271 e. The van der Waals surface area contributed by atoms with Crippen LogP contribution in [0.4, 0.5) is 5.69 Å². The maximum atomic E-state index is 13.1. The first-order valence-electron chi connectivity index (χ1n) is 9.31. The molecule has 6 heteroatoms. The summed E-state index contributed by atoms with van der Waals surface area (Å²) in [5, 5.41) is 0.903. The number of amides is 2. The van der Waals surface area contributed by atoms with E-state index in [1.165, 1.54) is 0 Å². The highest BCUT2D eigenvalue weighted by Crippen LogP contribution is 2.25.